The smallest absolute Gasteiger partial charge is 0.270 e. The van der Waals surface area contributed by atoms with Gasteiger partial charge in [0.2, 0.25) is 5.91 Å². The Hall–Kier alpha value is -2.60. The Morgan fingerprint density at radius 3 is 2.44 bits per heavy atom. The average molecular weight is 363 g/mol. The summed E-state index contributed by atoms with van der Waals surface area (Å²) in [6.45, 7) is 3.87. The number of nitrogens with zero attached hydrogens (tertiary/aromatic N) is 1. The summed E-state index contributed by atoms with van der Waals surface area (Å²) in [5, 5.41) is 24.0. The molecular formula is C18H19ClN2O4. The Kier molecular flexibility index (Phi) is 5.98. The maximum atomic E-state index is 12.6. The van der Waals surface area contributed by atoms with Gasteiger partial charge < -0.3 is 10.4 Å². The van der Waals surface area contributed by atoms with Crippen LogP contribution in [0.4, 0.5) is 5.69 Å². The van der Waals surface area contributed by atoms with E-state index in [0.717, 1.165) is 5.56 Å². The number of carbonyl (C=O) groups is 1. The predicted molar refractivity (Wildman–Crippen MR) is 95.6 cm³/mol. The molecule has 0 aliphatic rings. The van der Waals surface area contributed by atoms with Crippen molar-refractivity contribution >= 4 is 23.2 Å². The van der Waals surface area contributed by atoms with Crippen LogP contribution >= 0.6 is 11.6 Å². The van der Waals surface area contributed by atoms with Gasteiger partial charge in [-0.15, -0.1) is 0 Å². The summed E-state index contributed by atoms with van der Waals surface area (Å²) in [6, 6.07) is 10.8. The van der Waals surface area contributed by atoms with E-state index in [0.29, 0.717) is 10.6 Å². The summed E-state index contributed by atoms with van der Waals surface area (Å²) in [7, 11) is 0. The molecule has 0 bridgehead atoms. The highest BCUT2D eigenvalue weighted by Crippen LogP contribution is 2.27. The van der Waals surface area contributed by atoms with E-state index in [2.05, 4.69) is 5.32 Å². The van der Waals surface area contributed by atoms with E-state index in [1.165, 1.54) is 18.2 Å². The third-order valence-corrected chi connectivity index (χ3v) is 4.16. The van der Waals surface area contributed by atoms with Crippen LogP contribution in [0.15, 0.2) is 42.5 Å². The molecule has 0 radical (unpaired) electrons. The first kappa shape index (κ1) is 18.7. The number of nitro benzene ring substituents is 1. The number of phenolic OH excluding ortho intramolecular Hbond substituents is 1. The number of benzene rings is 2. The largest absolute Gasteiger partial charge is 0.508 e. The van der Waals surface area contributed by atoms with Crippen molar-refractivity contribution < 1.29 is 14.8 Å². The van der Waals surface area contributed by atoms with Gasteiger partial charge in [-0.25, -0.2) is 0 Å². The lowest BCUT2D eigenvalue weighted by Gasteiger charge is -2.21. The zero-order chi connectivity index (χ0) is 18.6. The molecule has 2 N–H and O–H groups in total. The molecule has 0 spiro atoms. The van der Waals surface area contributed by atoms with Crippen molar-refractivity contribution in [3.63, 3.8) is 0 Å². The SMILES string of the molecule is CC(C)[C@@H](C(=O)NCc1cc([N+](=O)[O-])ccc1O)c1ccc(Cl)cc1. The van der Waals surface area contributed by atoms with Gasteiger partial charge in [0.15, 0.2) is 0 Å². The van der Waals surface area contributed by atoms with Gasteiger partial charge in [-0.1, -0.05) is 37.6 Å². The van der Waals surface area contributed by atoms with Crippen LogP contribution in [0.1, 0.15) is 30.9 Å². The van der Waals surface area contributed by atoms with Crippen molar-refractivity contribution in [2.45, 2.75) is 26.3 Å². The summed E-state index contributed by atoms with van der Waals surface area (Å²) >= 11 is 5.89. The zero-order valence-corrected chi connectivity index (χ0v) is 14.7. The lowest BCUT2D eigenvalue weighted by Crippen LogP contribution is -2.31. The van der Waals surface area contributed by atoms with Crippen LogP contribution in [-0.4, -0.2) is 15.9 Å². The van der Waals surface area contributed by atoms with Gasteiger partial charge in [-0.3, -0.25) is 14.9 Å². The molecule has 1 amide bonds. The highest BCUT2D eigenvalue weighted by atomic mass is 35.5. The highest BCUT2D eigenvalue weighted by molar-refractivity contribution is 6.30. The molecule has 6 nitrogen and oxygen atoms in total. The topological polar surface area (TPSA) is 92.5 Å². The van der Waals surface area contributed by atoms with Gasteiger partial charge in [-0.05, 0) is 29.7 Å². The van der Waals surface area contributed by atoms with E-state index in [1.807, 2.05) is 13.8 Å². The summed E-state index contributed by atoms with van der Waals surface area (Å²) in [5.74, 6) is -0.667. The molecule has 0 fully saturated rings. The van der Waals surface area contributed by atoms with E-state index in [-0.39, 0.29) is 29.8 Å². The van der Waals surface area contributed by atoms with Crippen LogP contribution in [0.25, 0.3) is 0 Å². The molecule has 0 saturated heterocycles. The fourth-order valence-corrected chi connectivity index (χ4v) is 2.75. The molecule has 0 aromatic heterocycles. The minimum absolute atomic E-state index is 0.00313. The quantitative estimate of drug-likeness (QED) is 0.599. The lowest BCUT2D eigenvalue weighted by molar-refractivity contribution is -0.384. The number of carbonyl (C=O) groups excluding carboxylic acids is 1. The number of hydrogen-bond donors (Lipinski definition) is 2. The molecule has 25 heavy (non-hydrogen) atoms. The van der Waals surface area contributed by atoms with Crippen LogP contribution in [0, 0.1) is 16.0 Å². The zero-order valence-electron chi connectivity index (χ0n) is 13.9. The summed E-state index contributed by atoms with van der Waals surface area (Å²) < 4.78 is 0. The van der Waals surface area contributed by atoms with Crippen LogP contribution < -0.4 is 5.32 Å². The molecule has 0 heterocycles. The number of amides is 1. The van der Waals surface area contributed by atoms with Crippen LogP contribution in [0.3, 0.4) is 0 Å². The Morgan fingerprint density at radius 1 is 1.24 bits per heavy atom. The van der Waals surface area contributed by atoms with Gasteiger partial charge in [0, 0.05) is 29.3 Å². The highest BCUT2D eigenvalue weighted by Gasteiger charge is 2.24. The van der Waals surface area contributed by atoms with Crippen molar-refractivity contribution in [3.05, 3.63) is 68.7 Å². The van der Waals surface area contributed by atoms with Gasteiger partial charge in [0.05, 0.1) is 10.8 Å². The number of non-ortho nitro benzene ring substituents is 1. The number of phenols is 1. The van der Waals surface area contributed by atoms with Crippen LogP contribution in [0.2, 0.25) is 5.02 Å². The van der Waals surface area contributed by atoms with E-state index in [4.69, 9.17) is 11.6 Å². The number of halogens is 1. The van der Waals surface area contributed by atoms with Gasteiger partial charge in [0.1, 0.15) is 5.75 Å². The standard InChI is InChI=1S/C18H19ClN2O4/c1-11(2)17(12-3-5-14(19)6-4-12)18(23)20-10-13-9-15(21(24)25)7-8-16(13)22/h3-9,11,17,22H,10H2,1-2H3,(H,20,23)/t17-/m1/s1. The minimum atomic E-state index is -0.546. The van der Waals surface area contributed by atoms with E-state index in [1.54, 1.807) is 24.3 Å². The second-order valence-electron chi connectivity index (χ2n) is 6.06. The molecule has 0 aliphatic heterocycles. The molecule has 0 unspecified atom stereocenters. The molecule has 2 aromatic carbocycles. The number of nitro groups is 1. The fourth-order valence-electron chi connectivity index (χ4n) is 2.63. The van der Waals surface area contributed by atoms with Crippen molar-refractivity contribution in [2.75, 3.05) is 0 Å². The summed E-state index contributed by atoms with van der Waals surface area (Å²) in [4.78, 5) is 22.9. The Balaban J connectivity index is 2.15. The van der Waals surface area contributed by atoms with Crippen molar-refractivity contribution in [2.24, 2.45) is 5.92 Å². The molecule has 0 saturated carbocycles. The molecular weight excluding hydrogens is 344 g/mol. The second kappa shape index (κ2) is 7.98. The van der Waals surface area contributed by atoms with Gasteiger partial charge >= 0.3 is 0 Å². The average Bonchev–Trinajstić information content (AvgIpc) is 2.55. The lowest BCUT2D eigenvalue weighted by atomic mass is 9.87. The first-order valence-corrected chi connectivity index (χ1v) is 8.17. The fraction of sp³-hybridized carbons (Fsp3) is 0.278. The molecule has 2 aromatic rings. The first-order chi connectivity index (χ1) is 11.8. The van der Waals surface area contributed by atoms with Crippen molar-refractivity contribution in [1.82, 2.24) is 5.32 Å². The maximum absolute atomic E-state index is 12.6. The van der Waals surface area contributed by atoms with Crippen molar-refractivity contribution in [1.29, 1.82) is 0 Å². The van der Waals surface area contributed by atoms with Gasteiger partial charge in [-0.2, -0.15) is 0 Å². The molecule has 1 atom stereocenters. The van der Waals surface area contributed by atoms with Gasteiger partial charge in [0.25, 0.3) is 5.69 Å². The third kappa shape index (κ3) is 4.70. The summed E-state index contributed by atoms with van der Waals surface area (Å²) in [6.07, 6.45) is 0. The Labute approximate surface area is 150 Å². The van der Waals surface area contributed by atoms with Crippen LogP contribution in [0.5, 0.6) is 5.75 Å². The Morgan fingerprint density at radius 2 is 1.88 bits per heavy atom. The normalized spacial score (nSPS) is 12.0. The third-order valence-electron chi connectivity index (χ3n) is 3.91. The molecule has 0 aliphatic carbocycles. The number of hydrogen-bond acceptors (Lipinski definition) is 4. The maximum Gasteiger partial charge on any atom is 0.270 e. The first-order valence-electron chi connectivity index (χ1n) is 7.79. The molecule has 132 valence electrons. The predicted octanol–water partition coefficient (Wildman–Crippen LogP) is 4.01. The van der Waals surface area contributed by atoms with E-state index in [9.17, 15) is 20.0 Å². The van der Waals surface area contributed by atoms with Crippen LogP contribution in [-0.2, 0) is 11.3 Å². The Bertz CT molecular complexity index is 775. The van der Waals surface area contributed by atoms with Crippen molar-refractivity contribution in [3.8, 4) is 5.75 Å². The second-order valence-corrected chi connectivity index (χ2v) is 6.50. The molecule has 2 rings (SSSR count). The monoisotopic (exact) mass is 362 g/mol. The van der Waals surface area contributed by atoms with E-state index < -0.39 is 10.8 Å². The van der Waals surface area contributed by atoms with E-state index >= 15 is 0 Å². The number of aromatic hydroxyl groups is 1. The minimum Gasteiger partial charge on any atom is -0.508 e. The number of rotatable bonds is 6. The number of nitrogens with one attached hydrogen (secondary N) is 1. The molecule has 7 heteroatoms. The summed E-state index contributed by atoms with van der Waals surface area (Å²) in [5.41, 5.74) is 0.987.